The van der Waals surface area contributed by atoms with Crippen LogP contribution in [0.1, 0.15) is 36.0 Å². The zero-order valence-corrected chi connectivity index (χ0v) is 15.1. The number of pyridine rings is 1. The first-order chi connectivity index (χ1) is 12.8. The number of amides is 1. The Balaban J connectivity index is 1.39. The first kappa shape index (κ1) is 16.3. The highest BCUT2D eigenvalue weighted by Gasteiger charge is 2.40. The number of piperidine rings is 1. The fourth-order valence-corrected chi connectivity index (χ4v) is 4.97. The zero-order valence-electron chi connectivity index (χ0n) is 15.1. The number of nitrogens with zero attached hydrogens (tertiary/aromatic N) is 4. The van der Waals surface area contributed by atoms with Crippen molar-refractivity contribution in [1.29, 1.82) is 0 Å². The highest BCUT2D eigenvalue weighted by Crippen LogP contribution is 2.32. The molecule has 6 heteroatoms. The second-order valence-corrected chi connectivity index (χ2v) is 7.94. The molecule has 0 spiro atoms. The van der Waals surface area contributed by atoms with Crippen molar-refractivity contribution in [2.24, 2.45) is 5.92 Å². The summed E-state index contributed by atoms with van der Waals surface area (Å²) in [6, 6.07) is 6.83. The molecule has 0 aliphatic carbocycles. The lowest BCUT2D eigenvalue weighted by molar-refractivity contribution is 0.0304. The van der Waals surface area contributed by atoms with Crippen molar-refractivity contribution in [2.45, 2.75) is 37.8 Å². The van der Waals surface area contributed by atoms with Crippen LogP contribution in [0.5, 0.6) is 0 Å². The van der Waals surface area contributed by atoms with Crippen LogP contribution in [0.3, 0.4) is 0 Å². The molecular weight excluding hydrogens is 328 g/mol. The molecule has 2 bridgehead atoms. The quantitative estimate of drug-likeness (QED) is 0.828. The van der Waals surface area contributed by atoms with Crippen molar-refractivity contribution in [3.05, 3.63) is 36.2 Å². The summed E-state index contributed by atoms with van der Waals surface area (Å²) >= 11 is 0. The van der Waals surface area contributed by atoms with E-state index in [0.29, 0.717) is 18.0 Å². The number of aromatic nitrogens is 2. The SMILES string of the molecule is O=C(c1cnn2ccccc12)N1C[C@H]2CC[C@@H]1CN(C1CCOCC1)C2. The van der Waals surface area contributed by atoms with Gasteiger partial charge in [0.15, 0.2) is 0 Å². The fraction of sp³-hybridized carbons (Fsp3) is 0.600. The minimum Gasteiger partial charge on any atom is -0.381 e. The Labute approximate surface area is 153 Å². The van der Waals surface area contributed by atoms with Crippen molar-refractivity contribution in [1.82, 2.24) is 19.4 Å². The number of rotatable bonds is 2. The molecule has 4 aliphatic rings. The van der Waals surface area contributed by atoms with Gasteiger partial charge in [-0.1, -0.05) is 6.07 Å². The van der Waals surface area contributed by atoms with Gasteiger partial charge in [0.2, 0.25) is 0 Å². The molecular formula is C20H26N4O2. The standard InChI is InChI=1S/C20H26N4O2/c25-20(18-11-21-24-8-2-1-3-19(18)24)23-13-15-4-5-17(23)14-22(12-15)16-6-9-26-10-7-16/h1-3,8,11,15-17H,4-7,9-10,12-14H2/t15-,17+/m0/s1. The van der Waals surface area contributed by atoms with E-state index in [0.717, 1.165) is 63.2 Å². The van der Waals surface area contributed by atoms with Crippen LogP contribution >= 0.6 is 0 Å². The number of carbonyl (C=O) groups excluding carboxylic acids is 1. The maximum absolute atomic E-state index is 13.3. The predicted octanol–water partition coefficient (Wildman–Crippen LogP) is 2.05. The van der Waals surface area contributed by atoms with E-state index < -0.39 is 0 Å². The summed E-state index contributed by atoms with van der Waals surface area (Å²) in [4.78, 5) is 18.1. The summed E-state index contributed by atoms with van der Waals surface area (Å²) in [6.07, 6.45) is 8.24. The Kier molecular flexibility index (Phi) is 4.17. The lowest BCUT2D eigenvalue weighted by Gasteiger charge is -2.37. The number of fused-ring (bicyclic) bond motifs is 5. The molecule has 2 atom stereocenters. The van der Waals surface area contributed by atoms with Gasteiger partial charge in [0.1, 0.15) is 0 Å². The second kappa shape index (κ2) is 6.67. The molecule has 2 aromatic rings. The van der Waals surface area contributed by atoms with Crippen molar-refractivity contribution in [3.8, 4) is 0 Å². The molecule has 0 aromatic carbocycles. The molecule has 4 saturated heterocycles. The minimum atomic E-state index is 0.148. The molecule has 0 saturated carbocycles. The van der Waals surface area contributed by atoms with E-state index in [9.17, 15) is 4.79 Å². The van der Waals surface area contributed by atoms with E-state index in [4.69, 9.17) is 4.74 Å². The Morgan fingerprint density at radius 3 is 2.81 bits per heavy atom. The Bertz CT molecular complexity index is 798. The summed E-state index contributed by atoms with van der Waals surface area (Å²) in [5.74, 6) is 0.733. The van der Waals surface area contributed by atoms with E-state index >= 15 is 0 Å². The first-order valence-electron chi connectivity index (χ1n) is 9.85. The number of carbonyl (C=O) groups is 1. The highest BCUT2D eigenvalue weighted by molar-refractivity contribution is 6.00. The van der Waals surface area contributed by atoms with E-state index in [1.165, 1.54) is 6.42 Å². The fourth-order valence-electron chi connectivity index (χ4n) is 4.97. The number of hydrogen-bond donors (Lipinski definition) is 0. The van der Waals surface area contributed by atoms with Gasteiger partial charge < -0.3 is 9.64 Å². The van der Waals surface area contributed by atoms with Crippen LogP contribution in [0, 0.1) is 5.92 Å². The molecule has 6 rings (SSSR count). The van der Waals surface area contributed by atoms with E-state index in [1.54, 1.807) is 10.7 Å². The van der Waals surface area contributed by atoms with Gasteiger partial charge in [-0.2, -0.15) is 5.10 Å². The Hall–Kier alpha value is -1.92. The largest absolute Gasteiger partial charge is 0.381 e. The molecule has 0 unspecified atom stereocenters. The van der Waals surface area contributed by atoms with Crippen LogP contribution < -0.4 is 0 Å². The topological polar surface area (TPSA) is 50.1 Å². The van der Waals surface area contributed by atoms with E-state index in [2.05, 4.69) is 14.9 Å². The minimum absolute atomic E-state index is 0.148. The molecule has 1 amide bonds. The first-order valence-corrected chi connectivity index (χ1v) is 9.85. The molecule has 26 heavy (non-hydrogen) atoms. The van der Waals surface area contributed by atoms with Gasteiger partial charge >= 0.3 is 0 Å². The van der Waals surface area contributed by atoms with Gasteiger partial charge in [-0.25, -0.2) is 4.52 Å². The van der Waals surface area contributed by atoms with Crippen LogP contribution in [0.2, 0.25) is 0 Å². The molecule has 0 N–H and O–H groups in total. The van der Waals surface area contributed by atoms with Gasteiger partial charge in [-0.05, 0) is 43.7 Å². The molecule has 6 nitrogen and oxygen atoms in total. The summed E-state index contributed by atoms with van der Waals surface area (Å²) in [6.45, 7) is 4.77. The van der Waals surface area contributed by atoms with Gasteiger partial charge in [0, 0.05) is 51.1 Å². The summed E-state index contributed by atoms with van der Waals surface area (Å²) in [7, 11) is 0. The maximum atomic E-state index is 13.3. The molecule has 4 fully saturated rings. The lowest BCUT2D eigenvalue weighted by Crippen LogP contribution is -2.48. The van der Waals surface area contributed by atoms with Gasteiger partial charge in [0.05, 0.1) is 17.3 Å². The van der Waals surface area contributed by atoms with Crippen LogP contribution in [0.4, 0.5) is 0 Å². The van der Waals surface area contributed by atoms with Crippen molar-refractivity contribution >= 4 is 11.4 Å². The Morgan fingerprint density at radius 2 is 1.92 bits per heavy atom. The van der Waals surface area contributed by atoms with Crippen molar-refractivity contribution in [3.63, 3.8) is 0 Å². The van der Waals surface area contributed by atoms with E-state index in [1.807, 2.05) is 24.4 Å². The third-order valence-corrected chi connectivity index (χ3v) is 6.37. The lowest BCUT2D eigenvalue weighted by atomic mass is 9.94. The average Bonchev–Trinajstić information content (AvgIpc) is 2.90. The monoisotopic (exact) mass is 354 g/mol. The second-order valence-electron chi connectivity index (χ2n) is 7.94. The average molecular weight is 354 g/mol. The number of ether oxygens (including phenoxy) is 1. The highest BCUT2D eigenvalue weighted by atomic mass is 16.5. The smallest absolute Gasteiger partial charge is 0.257 e. The van der Waals surface area contributed by atoms with Crippen molar-refractivity contribution in [2.75, 3.05) is 32.8 Å². The summed E-state index contributed by atoms with van der Waals surface area (Å²) in [5.41, 5.74) is 1.63. The Morgan fingerprint density at radius 1 is 1.04 bits per heavy atom. The normalized spacial score (nSPS) is 27.8. The molecule has 138 valence electrons. The van der Waals surface area contributed by atoms with Crippen LogP contribution in [0.15, 0.2) is 30.6 Å². The molecule has 2 aromatic heterocycles. The molecule has 6 heterocycles. The van der Waals surface area contributed by atoms with Crippen molar-refractivity contribution < 1.29 is 9.53 Å². The predicted molar refractivity (Wildman–Crippen MR) is 98.2 cm³/mol. The van der Waals surface area contributed by atoms with Crippen LogP contribution in [-0.4, -0.2) is 70.3 Å². The third kappa shape index (κ3) is 2.81. The van der Waals surface area contributed by atoms with Crippen LogP contribution in [-0.2, 0) is 4.74 Å². The maximum Gasteiger partial charge on any atom is 0.257 e. The number of hydrogen-bond acceptors (Lipinski definition) is 4. The third-order valence-electron chi connectivity index (χ3n) is 6.37. The molecule has 4 aliphatic heterocycles. The molecule has 0 radical (unpaired) electrons. The van der Waals surface area contributed by atoms with Gasteiger partial charge in [0.25, 0.3) is 5.91 Å². The van der Waals surface area contributed by atoms with Gasteiger partial charge in [-0.3, -0.25) is 9.69 Å². The zero-order chi connectivity index (χ0) is 17.5. The summed E-state index contributed by atoms with van der Waals surface area (Å²) < 4.78 is 7.33. The van der Waals surface area contributed by atoms with Gasteiger partial charge in [-0.15, -0.1) is 0 Å². The summed E-state index contributed by atoms with van der Waals surface area (Å²) in [5, 5.41) is 4.35. The van der Waals surface area contributed by atoms with Crippen LogP contribution in [0.25, 0.3) is 5.52 Å². The van der Waals surface area contributed by atoms with E-state index in [-0.39, 0.29) is 5.91 Å².